The second kappa shape index (κ2) is 9.42. The number of urea groups is 1. The first-order chi connectivity index (χ1) is 16.5. The van der Waals surface area contributed by atoms with E-state index in [0.717, 1.165) is 44.1 Å². The van der Waals surface area contributed by atoms with Crippen molar-refractivity contribution in [2.24, 2.45) is 4.99 Å². The van der Waals surface area contributed by atoms with Gasteiger partial charge in [0, 0.05) is 45.5 Å². The number of aliphatic imine (C=N–C) groups is 1. The summed E-state index contributed by atoms with van der Waals surface area (Å²) in [4.78, 5) is 38.0. The fraction of sp³-hybridized carbons (Fsp3) is 0.400. The number of hydrogen-bond acceptors (Lipinski definition) is 6. The molecule has 0 radical (unpaired) electrons. The lowest BCUT2D eigenvalue weighted by Crippen LogP contribution is -2.64. The molecule has 5 rings (SSSR count). The fourth-order valence-electron chi connectivity index (χ4n) is 4.89. The van der Waals surface area contributed by atoms with E-state index in [9.17, 15) is 14.0 Å². The van der Waals surface area contributed by atoms with E-state index in [4.69, 9.17) is 4.99 Å². The number of hydrogen-bond donors (Lipinski definition) is 1. The summed E-state index contributed by atoms with van der Waals surface area (Å²) >= 11 is 0. The molecule has 0 aromatic heterocycles. The van der Waals surface area contributed by atoms with E-state index in [1.165, 1.54) is 22.6 Å². The number of likely N-dealkylation sites (N-methyl/N-ethyl adjacent to an activating group) is 1. The highest BCUT2D eigenvalue weighted by Crippen LogP contribution is 2.25. The number of carbonyl (C=O) groups excluding carboxylic acids is 2. The van der Waals surface area contributed by atoms with Gasteiger partial charge in [0.15, 0.2) is 12.2 Å². The van der Waals surface area contributed by atoms with Crippen LogP contribution in [0.4, 0.5) is 14.9 Å². The third-order valence-electron chi connectivity index (χ3n) is 6.86. The maximum absolute atomic E-state index is 13.3. The van der Waals surface area contributed by atoms with Gasteiger partial charge in [-0.25, -0.2) is 14.2 Å². The van der Waals surface area contributed by atoms with Crippen LogP contribution in [0, 0.1) is 5.82 Å². The Hall–Kier alpha value is -3.46. The number of carbonyl (C=O) groups is 2. The van der Waals surface area contributed by atoms with Crippen LogP contribution in [0.2, 0.25) is 0 Å². The van der Waals surface area contributed by atoms with Gasteiger partial charge in [-0.05, 0) is 36.2 Å². The highest BCUT2D eigenvalue weighted by atomic mass is 19.1. The van der Waals surface area contributed by atoms with Crippen molar-refractivity contribution in [3.63, 3.8) is 0 Å². The minimum atomic E-state index is -0.512. The van der Waals surface area contributed by atoms with Crippen LogP contribution in [-0.2, 0) is 11.2 Å². The second-order valence-corrected chi connectivity index (χ2v) is 8.98. The molecule has 3 amide bonds. The normalized spacial score (nSPS) is 23.1. The fourth-order valence-corrected chi connectivity index (χ4v) is 4.89. The van der Waals surface area contributed by atoms with E-state index in [0.29, 0.717) is 13.1 Å². The average Bonchev–Trinajstić information content (AvgIpc) is 3.21. The highest BCUT2D eigenvalue weighted by molar-refractivity contribution is 6.04. The van der Waals surface area contributed by atoms with Crippen LogP contribution < -0.4 is 10.2 Å². The van der Waals surface area contributed by atoms with Crippen LogP contribution in [0.3, 0.4) is 0 Å². The summed E-state index contributed by atoms with van der Waals surface area (Å²) in [6.07, 6.45) is 0.277. The van der Waals surface area contributed by atoms with Crippen LogP contribution in [0.1, 0.15) is 5.56 Å². The molecule has 34 heavy (non-hydrogen) atoms. The Morgan fingerprint density at radius 3 is 2.41 bits per heavy atom. The van der Waals surface area contributed by atoms with Crippen molar-refractivity contribution < 1.29 is 14.0 Å². The molecule has 2 saturated heterocycles. The number of piperazine rings is 1. The summed E-state index contributed by atoms with van der Waals surface area (Å²) in [7, 11) is 1.68. The van der Waals surface area contributed by atoms with Crippen LogP contribution in [-0.4, -0.2) is 91.0 Å². The lowest BCUT2D eigenvalue weighted by Gasteiger charge is -2.38. The largest absolute Gasteiger partial charge is 0.369 e. The molecule has 2 aromatic rings. The average molecular weight is 465 g/mol. The van der Waals surface area contributed by atoms with E-state index in [1.807, 2.05) is 30.3 Å². The van der Waals surface area contributed by atoms with Gasteiger partial charge in [0.25, 0.3) is 5.91 Å². The Kier molecular flexibility index (Phi) is 6.19. The van der Waals surface area contributed by atoms with Gasteiger partial charge in [-0.1, -0.05) is 30.3 Å². The van der Waals surface area contributed by atoms with Crippen molar-refractivity contribution in [2.75, 3.05) is 51.2 Å². The lowest BCUT2D eigenvalue weighted by atomic mass is 10.1. The molecule has 3 aliphatic rings. The van der Waals surface area contributed by atoms with Crippen molar-refractivity contribution in [1.82, 2.24) is 20.0 Å². The molecule has 0 saturated carbocycles. The van der Waals surface area contributed by atoms with E-state index >= 15 is 0 Å². The minimum absolute atomic E-state index is 0.230. The smallest absolute Gasteiger partial charge is 0.325 e. The highest BCUT2D eigenvalue weighted by Gasteiger charge is 2.48. The third kappa shape index (κ3) is 4.48. The molecule has 2 fully saturated rings. The van der Waals surface area contributed by atoms with Gasteiger partial charge in [-0.3, -0.25) is 15.0 Å². The quantitative estimate of drug-likeness (QED) is 0.706. The van der Waals surface area contributed by atoms with Crippen molar-refractivity contribution >= 4 is 23.5 Å². The Balaban J connectivity index is 1.28. The number of nitrogens with one attached hydrogen (secondary N) is 1. The lowest BCUT2D eigenvalue weighted by molar-refractivity contribution is -0.127. The maximum atomic E-state index is 13.3. The number of anilines is 1. The zero-order valence-electron chi connectivity index (χ0n) is 19.2. The number of imide groups is 1. The van der Waals surface area contributed by atoms with Gasteiger partial charge in [0.05, 0.1) is 6.54 Å². The number of fused-ring (bicyclic) bond motifs is 1. The number of nitrogens with zero attached hydrogens (tertiary/aromatic N) is 5. The van der Waals surface area contributed by atoms with Crippen LogP contribution in [0.15, 0.2) is 59.6 Å². The predicted octanol–water partition coefficient (Wildman–Crippen LogP) is 1.78. The summed E-state index contributed by atoms with van der Waals surface area (Å²) in [5.41, 5.74) is 2.21. The first-order valence-electron chi connectivity index (χ1n) is 11.7. The summed E-state index contributed by atoms with van der Waals surface area (Å²) in [6.45, 7) is 4.59. The van der Waals surface area contributed by atoms with Crippen LogP contribution in [0.5, 0.6) is 0 Å². The molecule has 2 unspecified atom stereocenters. The van der Waals surface area contributed by atoms with Gasteiger partial charge >= 0.3 is 6.03 Å². The molecule has 3 aliphatic heterocycles. The number of benzene rings is 2. The molecular formula is C25H29FN6O2. The van der Waals surface area contributed by atoms with E-state index in [1.54, 1.807) is 7.05 Å². The third-order valence-corrected chi connectivity index (χ3v) is 6.86. The topological polar surface area (TPSA) is 71.5 Å². The van der Waals surface area contributed by atoms with E-state index < -0.39 is 18.2 Å². The Labute approximate surface area is 198 Å². The standard InChI is InChI=1S/C25H29FN6O2/c1-29-23-22(24(33)28-25(29)34)32(12-11-18-5-3-2-4-6-18)21(27-23)17-30-13-15-31(16-14-30)20-9-7-19(26)8-10-20/h2-10,22-23H,11-17H2,1H3,(H,28,33,34). The van der Waals surface area contributed by atoms with Crippen molar-refractivity contribution in [2.45, 2.75) is 18.6 Å². The molecular weight excluding hydrogens is 435 g/mol. The molecule has 8 nitrogen and oxygen atoms in total. The number of amidine groups is 1. The Morgan fingerprint density at radius 1 is 1.00 bits per heavy atom. The maximum Gasteiger partial charge on any atom is 0.325 e. The van der Waals surface area contributed by atoms with Crippen LogP contribution in [0.25, 0.3) is 0 Å². The molecule has 2 aromatic carbocycles. The van der Waals surface area contributed by atoms with Crippen LogP contribution >= 0.6 is 0 Å². The summed E-state index contributed by atoms with van der Waals surface area (Å²) < 4.78 is 13.3. The van der Waals surface area contributed by atoms with Gasteiger partial charge in [-0.2, -0.15) is 0 Å². The molecule has 2 atom stereocenters. The minimum Gasteiger partial charge on any atom is -0.369 e. The molecule has 0 bridgehead atoms. The van der Waals surface area contributed by atoms with Crippen molar-refractivity contribution in [3.05, 3.63) is 66.0 Å². The molecule has 178 valence electrons. The van der Waals surface area contributed by atoms with Crippen molar-refractivity contribution in [3.8, 4) is 0 Å². The van der Waals surface area contributed by atoms with Gasteiger partial charge in [0.1, 0.15) is 11.7 Å². The summed E-state index contributed by atoms with van der Waals surface area (Å²) in [6, 6.07) is 15.9. The predicted molar refractivity (Wildman–Crippen MR) is 128 cm³/mol. The molecule has 3 heterocycles. The van der Waals surface area contributed by atoms with E-state index in [-0.39, 0.29) is 11.7 Å². The molecule has 0 aliphatic carbocycles. The first kappa shape index (κ1) is 22.3. The van der Waals surface area contributed by atoms with E-state index in [2.05, 4.69) is 32.1 Å². The number of amides is 3. The SMILES string of the molecule is CN1C(=O)NC(=O)C2C1N=C(CN1CCN(c3ccc(F)cc3)CC1)N2CCc1ccccc1. The summed E-state index contributed by atoms with van der Waals surface area (Å²) in [5, 5.41) is 2.47. The molecule has 9 heteroatoms. The van der Waals surface area contributed by atoms with Gasteiger partial charge in [0.2, 0.25) is 0 Å². The van der Waals surface area contributed by atoms with Crippen molar-refractivity contribution in [1.29, 1.82) is 0 Å². The Bertz CT molecular complexity index is 1070. The molecule has 1 N–H and O–H groups in total. The van der Waals surface area contributed by atoms with Gasteiger partial charge in [-0.15, -0.1) is 0 Å². The second-order valence-electron chi connectivity index (χ2n) is 8.98. The summed E-state index contributed by atoms with van der Waals surface area (Å²) in [5.74, 6) is 0.324. The number of halogens is 1. The zero-order chi connectivity index (χ0) is 23.7. The van der Waals surface area contributed by atoms with Gasteiger partial charge < -0.3 is 14.7 Å². The number of rotatable bonds is 6. The molecule has 0 spiro atoms. The zero-order valence-corrected chi connectivity index (χ0v) is 19.2. The first-order valence-corrected chi connectivity index (χ1v) is 11.7. The Morgan fingerprint density at radius 2 is 1.71 bits per heavy atom. The monoisotopic (exact) mass is 464 g/mol.